The van der Waals surface area contributed by atoms with Crippen LogP contribution in [-0.2, 0) is 9.84 Å². The number of aromatic amines is 1. The van der Waals surface area contributed by atoms with Crippen molar-refractivity contribution in [2.75, 3.05) is 0 Å². The van der Waals surface area contributed by atoms with Crippen LogP contribution in [0.5, 0.6) is 0 Å². The predicted octanol–water partition coefficient (Wildman–Crippen LogP) is 3.82. The Morgan fingerprint density at radius 3 is 2.40 bits per heavy atom. The largest absolute Gasteiger partial charge is 0.361 e. The maximum absolute atomic E-state index is 13.1. The molecule has 0 atom stereocenters. The summed E-state index contributed by atoms with van der Waals surface area (Å²) in [6.07, 6.45) is 1.56. The number of nitrogens with one attached hydrogen (secondary N) is 1. The van der Waals surface area contributed by atoms with Crippen LogP contribution in [0.25, 0.3) is 21.7 Å². The Morgan fingerprint density at radius 1 is 0.880 bits per heavy atom. The van der Waals surface area contributed by atoms with Gasteiger partial charge in [0.15, 0.2) is 5.43 Å². The van der Waals surface area contributed by atoms with Crippen LogP contribution in [0.15, 0.2) is 81.4 Å². The number of rotatable bonds is 2. The van der Waals surface area contributed by atoms with E-state index in [0.29, 0.717) is 16.3 Å². The monoisotopic (exact) mass is 349 g/mol. The van der Waals surface area contributed by atoms with Gasteiger partial charge in [0.05, 0.1) is 20.7 Å². The van der Waals surface area contributed by atoms with Crippen LogP contribution in [0.2, 0.25) is 0 Å². The van der Waals surface area contributed by atoms with Crippen molar-refractivity contribution in [3.05, 3.63) is 82.6 Å². The van der Waals surface area contributed by atoms with Crippen molar-refractivity contribution in [2.24, 2.45) is 0 Å². The molecule has 0 aliphatic carbocycles. The molecule has 1 N–H and O–H groups in total. The highest BCUT2D eigenvalue weighted by Crippen LogP contribution is 2.30. The molecule has 0 aliphatic heterocycles. The summed E-state index contributed by atoms with van der Waals surface area (Å²) in [6.45, 7) is 1.91. The molecule has 3 aromatic carbocycles. The van der Waals surface area contributed by atoms with E-state index in [1.165, 1.54) is 12.1 Å². The van der Waals surface area contributed by atoms with E-state index in [1.807, 2.05) is 13.0 Å². The minimum absolute atomic E-state index is 0.135. The van der Waals surface area contributed by atoms with E-state index in [-0.39, 0.29) is 15.2 Å². The fourth-order valence-electron chi connectivity index (χ4n) is 3.07. The molecule has 0 spiro atoms. The van der Waals surface area contributed by atoms with E-state index in [2.05, 4.69) is 4.98 Å². The van der Waals surface area contributed by atoms with E-state index >= 15 is 0 Å². The van der Waals surface area contributed by atoms with Crippen LogP contribution >= 0.6 is 0 Å². The number of pyridine rings is 1. The smallest absolute Gasteiger partial charge is 0.207 e. The van der Waals surface area contributed by atoms with Crippen molar-refractivity contribution in [1.82, 2.24) is 4.98 Å². The third kappa shape index (κ3) is 2.44. The highest BCUT2D eigenvalue weighted by Gasteiger charge is 2.21. The van der Waals surface area contributed by atoms with Gasteiger partial charge in [-0.2, -0.15) is 0 Å². The zero-order valence-electron chi connectivity index (χ0n) is 13.5. The van der Waals surface area contributed by atoms with Gasteiger partial charge in [0.25, 0.3) is 0 Å². The molecule has 1 heterocycles. The maximum Gasteiger partial charge on any atom is 0.207 e. The van der Waals surface area contributed by atoms with Gasteiger partial charge in [-0.15, -0.1) is 0 Å². The number of hydrogen-bond donors (Lipinski definition) is 1. The van der Waals surface area contributed by atoms with Crippen molar-refractivity contribution in [2.45, 2.75) is 16.7 Å². The molecule has 0 saturated heterocycles. The lowest BCUT2D eigenvalue weighted by molar-refractivity contribution is 0.597. The van der Waals surface area contributed by atoms with Gasteiger partial charge < -0.3 is 4.98 Å². The Labute approximate surface area is 144 Å². The van der Waals surface area contributed by atoms with Gasteiger partial charge in [-0.25, -0.2) is 8.42 Å². The molecular formula is C20H15NO3S. The maximum atomic E-state index is 13.1. The first-order valence-electron chi connectivity index (χ1n) is 7.83. The number of sulfone groups is 1. The molecule has 124 valence electrons. The summed E-state index contributed by atoms with van der Waals surface area (Å²) in [5.41, 5.74) is 1.40. The summed E-state index contributed by atoms with van der Waals surface area (Å²) < 4.78 is 26.2. The van der Waals surface area contributed by atoms with Gasteiger partial charge in [0.2, 0.25) is 9.84 Å². The number of aryl methyl sites for hydroxylation is 1. The molecule has 4 rings (SSSR count). The van der Waals surface area contributed by atoms with Crippen LogP contribution < -0.4 is 5.43 Å². The average molecular weight is 349 g/mol. The van der Waals surface area contributed by atoms with Gasteiger partial charge in [-0.1, -0.05) is 42.0 Å². The van der Waals surface area contributed by atoms with Gasteiger partial charge in [0, 0.05) is 11.6 Å². The molecule has 0 radical (unpaired) electrons. The zero-order valence-corrected chi connectivity index (χ0v) is 14.3. The van der Waals surface area contributed by atoms with E-state index in [1.54, 1.807) is 48.7 Å². The third-order valence-corrected chi connectivity index (χ3v) is 6.18. The predicted molar refractivity (Wildman–Crippen MR) is 98.7 cm³/mol. The minimum Gasteiger partial charge on any atom is -0.361 e. The Kier molecular flexibility index (Phi) is 3.47. The minimum atomic E-state index is -3.69. The second-order valence-electron chi connectivity index (χ2n) is 6.00. The topological polar surface area (TPSA) is 67.0 Å². The van der Waals surface area contributed by atoms with E-state index < -0.39 is 9.84 Å². The number of hydrogen-bond acceptors (Lipinski definition) is 3. The second kappa shape index (κ2) is 5.57. The molecule has 0 saturated carbocycles. The van der Waals surface area contributed by atoms with Gasteiger partial charge in [0.1, 0.15) is 0 Å². The number of benzene rings is 3. The molecule has 0 bridgehead atoms. The fraction of sp³-hybridized carbons (Fsp3) is 0.0500. The second-order valence-corrected chi connectivity index (χ2v) is 7.92. The van der Waals surface area contributed by atoms with Gasteiger partial charge in [-0.05, 0) is 36.6 Å². The summed E-state index contributed by atoms with van der Waals surface area (Å²) in [5.74, 6) is 0. The lowest BCUT2D eigenvalue weighted by Crippen LogP contribution is -2.05. The van der Waals surface area contributed by atoms with Crippen LogP contribution in [0.3, 0.4) is 0 Å². The van der Waals surface area contributed by atoms with Crippen LogP contribution in [0, 0.1) is 6.92 Å². The standard InChI is InChI=1S/C20H15NO3S/c1-13-5-8-15(9-6-13)25(23,24)18-11-12-21-20-16(18)10-7-14-3-2-4-17(22)19(14)20/h2-12,21H,1H3. The Hall–Kier alpha value is -2.92. The number of H-pyrrole nitrogens is 1. The molecule has 0 fully saturated rings. The zero-order chi connectivity index (χ0) is 17.6. The molecule has 0 aliphatic rings. The fourth-order valence-corrected chi connectivity index (χ4v) is 4.53. The molecule has 4 aromatic rings. The number of aromatic nitrogens is 1. The van der Waals surface area contributed by atoms with E-state index in [0.717, 1.165) is 10.9 Å². The summed E-state index contributed by atoms with van der Waals surface area (Å²) in [4.78, 5) is 15.8. The highest BCUT2D eigenvalue weighted by molar-refractivity contribution is 7.91. The van der Waals surface area contributed by atoms with Crippen molar-refractivity contribution >= 4 is 31.5 Å². The van der Waals surface area contributed by atoms with E-state index in [9.17, 15) is 13.2 Å². The molecule has 0 unspecified atom stereocenters. The Bertz CT molecular complexity index is 1270. The quantitative estimate of drug-likeness (QED) is 0.559. The van der Waals surface area contributed by atoms with Gasteiger partial charge in [-0.3, -0.25) is 4.79 Å². The van der Waals surface area contributed by atoms with Crippen molar-refractivity contribution in [3.8, 4) is 0 Å². The first-order valence-corrected chi connectivity index (χ1v) is 9.32. The third-order valence-electron chi connectivity index (χ3n) is 4.36. The van der Waals surface area contributed by atoms with Crippen molar-refractivity contribution in [3.63, 3.8) is 0 Å². The van der Waals surface area contributed by atoms with Crippen LogP contribution in [0.1, 0.15) is 5.56 Å². The van der Waals surface area contributed by atoms with Crippen molar-refractivity contribution < 1.29 is 8.42 Å². The SMILES string of the molecule is Cc1ccc(S(=O)(=O)c2cc[nH]c3c2ccc2cccc(=O)c23)cc1. The molecule has 0 amide bonds. The summed E-state index contributed by atoms with van der Waals surface area (Å²) in [5, 5.41) is 1.79. The molecule has 25 heavy (non-hydrogen) atoms. The molecule has 5 heteroatoms. The van der Waals surface area contributed by atoms with Crippen molar-refractivity contribution in [1.29, 1.82) is 0 Å². The first kappa shape index (κ1) is 15.6. The summed E-state index contributed by atoms with van der Waals surface area (Å²) in [6, 6.07) is 16.8. The van der Waals surface area contributed by atoms with E-state index in [4.69, 9.17) is 0 Å². The molecular weight excluding hydrogens is 334 g/mol. The van der Waals surface area contributed by atoms with Gasteiger partial charge >= 0.3 is 0 Å². The number of fused-ring (bicyclic) bond motifs is 3. The van der Waals surface area contributed by atoms with Crippen LogP contribution in [-0.4, -0.2) is 13.4 Å². The lowest BCUT2D eigenvalue weighted by Gasteiger charge is -2.10. The Balaban J connectivity index is 2.08. The highest BCUT2D eigenvalue weighted by atomic mass is 32.2. The Morgan fingerprint density at radius 2 is 1.64 bits per heavy atom. The normalized spacial score (nSPS) is 11.9. The molecule has 4 nitrogen and oxygen atoms in total. The molecule has 1 aromatic heterocycles. The first-order chi connectivity index (χ1) is 12.0. The summed E-state index contributed by atoms with van der Waals surface area (Å²) >= 11 is 0. The average Bonchev–Trinajstić information content (AvgIpc) is 2.61. The lowest BCUT2D eigenvalue weighted by atomic mass is 10.1. The van der Waals surface area contributed by atoms with Crippen LogP contribution in [0.4, 0.5) is 0 Å². The summed E-state index contributed by atoms with van der Waals surface area (Å²) in [7, 11) is -3.69.